The monoisotopic (exact) mass is 528 g/mol. The predicted octanol–water partition coefficient (Wildman–Crippen LogP) is 3.77. The van der Waals surface area contributed by atoms with Crippen LogP contribution in [0.2, 0.25) is 0 Å². The lowest BCUT2D eigenvalue weighted by atomic mass is 10.1. The molecular weight excluding hydrogens is 496 g/mol. The number of ether oxygens (including phenoxy) is 2. The standard InChI is InChI=1S/C26H32N4O6S/c1-5-29(6-2)37(33,34)20-15-13-19(14-16-20)30-26(32)21(23(28-30)17-25(31)36-8-4)18-27-22-11-9-10-12-24(22)35-7-3/h9-16,18,27H,5-8,17H2,1-4H3. The van der Waals surface area contributed by atoms with E-state index in [0.29, 0.717) is 36.8 Å². The number of carbonyl (C=O) groups excluding carboxylic acids is 2. The molecule has 0 fully saturated rings. The summed E-state index contributed by atoms with van der Waals surface area (Å²) in [5.41, 5.74) is 1.41. The average Bonchev–Trinajstić information content (AvgIpc) is 3.19. The van der Waals surface area contributed by atoms with E-state index in [-0.39, 0.29) is 29.2 Å². The van der Waals surface area contributed by atoms with Gasteiger partial charge in [0.2, 0.25) is 10.0 Å². The molecule has 0 aliphatic carbocycles. The zero-order chi connectivity index (χ0) is 27.0. The zero-order valence-electron chi connectivity index (χ0n) is 21.4. The van der Waals surface area contributed by atoms with Gasteiger partial charge in [-0.1, -0.05) is 26.0 Å². The van der Waals surface area contributed by atoms with Crippen molar-refractivity contribution in [3.8, 4) is 5.75 Å². The maximum absolute atomic E-state index is 13.4. The highest BCUT2D eigenvalue weighted by atomic mass is 32.2. The summed E-state index contributed by atoms with van der Waals surface area (Å²) in [6.45, 7) is 8.47. The van der Waals surface area contributed by atoms with Gasteiger partial charge in [0.15, 0.2) is 0 Å². The molecule has 0 bridgehead atoms. The lowest BCUT2D eigenvalue weighted by Crippen LogP contribution is -2.30. The molecule has 2 aromatic carbocycles. The lowest BCUT2D eigenvalue weighted by molar-refractivity contribution is -0.141. The second kappa shape index (κ2) is 12.5. The van der Waals surface area contributed by atoms with Crippen molar-refractivity contribution in [1.29, 1.82) is 0 Å². The molecule has 1 amide bonds. The van der Waals surface area contributed by atoms with Crippen molar-refractivity contribution in [1.82, 2.24) is 4.31 Å². The molecular formula is C26H32N4O6S. The highest BCUT2D eigenvalue weighted by Crippen LogP contribution is 2.29. The Bertz CT molecular complexity index is 1280. The van der Waals surface area contributed by atoms with Gasteiger partial charge in [-0.05, 0) is 50.2 Å². The first-order valence-corrected chi connectivity index (χ1v) is 13.6. The summed E-state index contributed by atoms with van der Waals surface area (Å²) in [5, 5.41) is 8.60. The van der Waals surface area contributed by atoms with E-state index in [1.807, 2.05) is 19.1 Å². The molecule has 0 aromatic heterocycles. The first kappa shape index (κ1) is 27.9. The summed E-state index contributed by atoms with van der Waals surface area (Å²) in [6.07, 6.45) is 1.28. The number of rotatable bonds is 12. The number of amides is 1. The van der Waals surface area contributed by atoms with Crippen molar-refractivity contribution in [3.63, 3.8) is 0 Å². The molecule has 2 aromatic rings. The third kappa shape index (κ3) is 6.36. The Labute approximate surface area is 217 Å². The minimum absolute atomic E-state index is 0.118. The Balaban J connectivity index is 1.93. The number of benzene rings is 2. The van der Waals surface area contributed by atoms with Crippen LogP contribution in [0.5, 0.6) is 5.75 Å². The van der Waals surface area contributed by atoms with Crippen LogP contribution in [-0.4, -0.2) is 56.6 Å². The average molecular weight is 529 g/mol. The van der Waals surface area contributed by atoms with Gasteiger partial charge in [-0.3, -0.25) is 9.59 Å². The summed E-state index contributed by atoms with van der Waals surface area (Å²) in [7, 11) is -3.65. The molecule has 0 atom stereocenters. The van der Waals surface area contributed by atoms with Crippen molar-refractivity contribution >= 4 is 39.0 Å². The molecule has 0 radical (unpaired) electrons. The van der Waals surface area contributed by atoms with Crippen molar-refractivity contribution in [2.75, 3.05) is 36.6 Å². The number of anilines is 2. The number of esters is 1. The fraction of sp³-hybridized carbons (Fsp3) is 0.346. The Morgan fingerprint density at radius 2 is 1.70 bits per heavy atom. The van der Waals surface area contributed by atoms with Gasteiger partial charge in [0.05, 0.1) is 47.2 Å². The second-order valence-corrected chi connectivity index (χ2v) is 9.80. The van der Waals surface area contributed by atoms with E-state index in [0.717, 1.165) is 5.01 Å². The van der Waals surface area contributed by atoms with E-state index in [1.165, 1.54) is 34.8 Å². The Hall–Kier alpha value is -3.70. The molecule has 0 saturated heterocycles. The van der Waals surface area contributed by atoms with Gasteiger partial charge in [-0.25, -0.2) is 8.42 Å². The smallest absolute Gasteiger partial charge is 0.311 e. The summed E-state index contributed by atoms with van der Waals surface area (Å²) in [6, 6.07) is 13.2. The van der Waals surface area contributed by atoms with Gasteiger partial charge in [-0.2, -0.15) is 14.4 Å². The minimum Gasteiger partial charge on any atom is -0.492 e. The van der Waals surface area contributed by atoms with Crippen molar-refractivity contribution < 1.29 is 27.5 Å². The molecule has 1 aliphatic rings. The molecule has 1 heterocycles. The molecule has 10 nitrogen and oxygen atoms in total. The van der Waals surface area contributed by atoms with Gasteiger partial charge < -0.3 is 14.8 Å². The highest BCUT2D eigenvalue weighted by Gasteiger charge is 2.33. The predicted molar refractivity (Wildman–Crippen MR) is 142 cm³/mol. The first-order valence-electron chi connectivity index (χ1n) is 12.1. The van der Waals surface area contributed by atoms with Crippen LogP contribution in [0.15, 0.2) is 70.3 Å². The Morgan fingerprint density at radius 1 is 1.03 bits per heavy atom. The Morgan fingerprint density at radius 3 is 2.32 bits per heavy atom. The van der Waals surface area contributed by atoms with Gasteiger partial charge >= 0.3 is 5.97 Å². The largest absolute Gasteiger partial charge is 0.492 e. The number of sulfonamides is 1. The van der Waals surface area contributed by atoms with E-state index < -0.39 is 21.9 Å². The maximum Gasteiger partial charge on any atom is 0.311 e. The van der Waals surface area contributed by atoms with E-state index in [1.54, 1.807) is 32.9 Å². The van der Waals surface area contributed by atoms with Crippen LogP contribution >= 0.6 is 0 Å². The van der Waals surface area contributed by atoms with Gasteiger partial charge in [0.25, 0.3) is 5.91 Å². The highest BCUT2D eigenvalue weighted by molar-refractivity contribution is 7.89. The second-order valence-electron chi connectivity index (χ2n) is 7.86. The van der Waals surface area contributed by atoms with Crippen LogP contribution in [0, 0.1) is 0 Å². The number of para-hydroxylation sites is 2. The van der Waals surface area contributed by atoms with E-state index >= 15 is 0 Å². The van der Waals surface area contributed by atoms with Crippen LogP contribution in [0.4, 0.5) is 11.4 Å². The summed E-state index contributed by atoms with van der Waals surface area (Å²) in [5.74, 6) is -0.379. The third-order valence-corrected chi connectivity index (χ3v) is 7.62. The van der Waals surface area contributed by atoms with Gasteiger partial charge in [-0.15, -0.1) is 0 Å². The minimum atomic E-state index is -3.65. The number of nitrogens with zero attached hydrogens (tertiary/aromatic N) is 3. The van der Waals surface area contributed by atoms with Crippen LogP contribution in [0.25, 0.3) is 0 Å². The molecule has 0 spiro atoms. The molecule has 198 valence electrons. The number of carbonyl (C=O) groups is 2. The summed E-state index contributed by atoms with van der Waals surface area (Å²) < 4.78 is 37.6. The number of hydrazone groups is 1. The molecule has 1 aliphatic heterocycles. The SMILES string of the molecule is CCOC(=O)CC1=NN(c2ccc(S(=O)(=O)N(CC)CC)cc2)C(=O)C1=CNc1ccccc1OCC. The van der Waals surface area contributed by atoms with Crippen molar-refractivity contribution in [2.45, 2.75) is 39.0 Å². The fourth-order valence-electron chi connectivity index (χ4n) is 3.75. The van der Waals surface area contributed by atoms with Gasteiger partial charge in [0, 0.05) is 19.3 Å². The molecule has 11 heteroatoms. The summed E-state index contributed by atoms with van der Waals surface area (Å²) >= 11 is 0. The number of hydrogen-bond donors (Lipinski definition) is 1. The van der Waals surface area contributed by atoms with E-state index in [9.17, 15) is 18.0 Å². The van der Waals surface area contributed by atoms with Crippen LogP contribution < -0.4 is 15.1 Å². The maximum atomic E-state index is 13.4. The number of nitrogens with one attached hydrogen (secondary N) is 1. The van der Waals surface area contributed by atoms with Crippen LogP contribution in [0.3, 0.4) is 0 Å². The fourth-order valence-corrected chi connectivity index (χ4v) is 5.20. The molecule has 0 saturated carbocycles. The quantitative estimate of drug-likeness (QED) is 0.329. The van der Waals surface area contributed by atoms with E-state index in [2.05, 4.69) is 10.4 Å². The van der Waals surface area contributed by atoms with Crippen molar-refractivity contribution in [2.24, 2.45) is 5.10 Å². The molecule has 1 N–H and O–H groups in total. The molecule has 0 unspecified atom stereocenters. The topological polar surface area (TPSA) is 118 Å². The van der Waals surface area contributed by atoms with Crippen LogP contribution in [0.1, 0.15) is 34.1 Å². The summed E-state index contributed by atoms with van der Waals surface area (Å²) in [4.78, 5) is 25.7. The van der Waals surface area contributed by atoms with Crippen LogP contribution in [-0.2, 0) is 24.3 Å². The lowest BCUT2D eigenvalue weighted by Gasteiger charge is -2.19. The molecule has 3 rings (SSSR count). The third-order valence-electron chi connectivity index (χ3n) is 5.55. The van der Waals surface area contributed by atoms with Crippen molar-refractivity contribution in [3.05, 3.63) is 60.3 Å². The van der Waals surface area contributed by atoms with Gasteiger partial charge in [0.1, 0.15) is 5.75 Å². The zero-order valence-corrected chi connectivity index (χ0v) is 22.2. The number of hydrogen-bond acceptors (Lipinski definition) is 8. The molecule has 37 heavy (non-hydrogen) atoms. The first-order chi connectivity index (χ1) is 17.8. The Kier molecular flexibility index (Phi) is 9.42. The van der Waals surface area contributed by atoms with E-state index in [4.69, 9.17) is 9.47 Å². The normalized spacial score (nSPS) is 14.7.